The number of rotatable bonds is 8. The van der Waals surface area contributed by atoms with E-state index in [1.165, 1.54) is 20.5 Å². The monoisotopic (exact) mass is 320 g/mol. The Morgan fingerprint density at radius 1 is 1.24 bits per heavy atom. The highest BCUT2D eigenvalue weighted by molar-refractivity contribution is 7.98. The summed E-state index contributed by atoms with van der Waals surface area (Å²) >= 11 is 3.73. The van der Waals surface area contributed by atoms with Crippen molar-refractivity contribution in [3.05, 3.63) is 45.9 Å². The fraction of sp³-hybridized carbons (Fsp3) is 0.471. The van der Waals surface area contributed by atoms with E-state index in [0.717, 1.165) is 25.1 Å². The van der Waals surface area contributed by atoms with Crippen molar-refractivity contribution in [2.24, 2.45) is 0 Å². The highest BCUT2D eigenvalue weighted by atomic mass is 32.2. The molecule has 0 amide bonds. The molecular formula is C17H24N2S2. The first-order valence-corrected chi connectivity index (χ1v) is 9.38. The van der Waals surface area contributed by atoms with Crippen LogP contribution in [-0.2, 0) is 18.7 Å². The average molecular weight is 321 g/mol. The zero-order valence-corrected chi connectivity index (χ0v) is 14.7. The van der Waals surface area contributed by atoms with Crippen molar-refractivity contribution in [2.45, 2.75) is 56.8 Å². The van der Waals surface area contributed by atoms with Gasteiger partial charge in [-0.2, -0.15) is 0 Å². The maximum Gasteiger partial charge on any atom is 0.103 e. The van der Waals surface area contributed by atoms with Crippen LogP contribution in [0.4, 0.5) is 0 Å². The topological polar surface area (TPSA) is 24.9 Å². The van der Waals surface area contributed by atoms with Gasteiger partial charge >= 0.3 is 0 Å². The summed E-state index contributed by atoms with van der Waals surface area (Å²) in [7, 11) is 0. The van der Waals surface area contributed by atoms with Crippen molar-refractivity contribution < 1.29 is 0 Å². The first kappa shape index (κ1) is 16.5. The molecule has 0 saturated heterocycles. The largest absolute Gasteiger partial charge is 0.310 e. The minimum Gasteiger partial charge on any atom is -0.310 e. The van der Waals surface area contributed by atoms with Crippen LogP contribution in [0, 0.1) is 0 Å². The number of hydrogen-bond donors (Lipinski definition) is 1. The number of hydrogen-bond acceptors (Lipinski definition) is 4. The third-order valence-corrected chi connectivity index (χ3v) is 5.39. The normalized spacial score (nSPS) is 11.2. The van der Waals surface area contributed by atoms with Gasteiger partial charge in [0, 0.05) is 22.4 Å². The third kappa shape index (κ3) is 5.46. The van der Waals surface area contributed by atoms with E-state index in [0.29, 0.717) is 6.04 Å². The highest BCUT2D eigenvalue weighted by Gasteiger charge is 2.11. The smallest absolute Gasteiger partial charge is 0.103 e. The van der Waals surface area contributed by atoms with E-state index in [-0.39, 0.29) is 0 Å². The van der Waals surface area contributed by atoms with Gasteiger partial charge < -0.3 is 5.32 Å². The summed E-state index contributed by atoms with van der Waals surface area (Å²) in [5.41, 5.74) is 1.29. The van der Waals surface area contributed by atoms with E-state index in [1.807, 2.05) is 23.1 Å². The molecule has 0 saturated carbocycles. The Morgan fingerprint density at radius 2 is 2.00 bits per heavy atom. The van der Waals surface area contributed by atoms with Crippen LogP contribution in [0.1, 0.15) is 42.8 Å². The molecule has 2 rings (SSSR count). The molecule has 1 N–H and O–H groups in total. The summed E-state index contributed by atoms with van der Waals surface area (Å²) in [5.74, 6) is 0.965. The summed E-state index contributed by atoms with van der Waals surface area (Å²) in [4.78, 5) is 7.57. The molecule has 0 aliphatic carbocycles. The van der Waals surface area contributed by atoms with Gasteiger partial charge in [0.2, 0.25) is 0 Å². The van der Waals surface area contributed by atoms with Gasteiger partial charge in [-0.1, -0.05) is 45.4 Å². The number of benzene rings is 1. The van der Waals surface area contributed by atoms with Gasteiger partial charge in [0.1, 0.15) is 5.01 Å². The maximum absolute atomic E-state index is 4.85. The van der Waals surface area contributed by atoms with Gasteiger partial charge in [-0.3, -0.25) is 0 Å². The zero-order valence-electron chi connectivity index (χ0n) is 13.1. The molecule has 0 fully saturated rings. The van der Waals surface area contributed by atoms with Crippen LogP contribution >= 0.6 is 23.1 Å². The standard InChI is InChI=1S/C17H24N2S2/c1-4-8-15-16(11-18-13(2)3)21-17(19-15)12-20-14-9-6-5-7-10-14/h5-7,9-10,13,18H,4,8,11-12H2,1-3H3. The second kappa shape index (κ2) is 8.57. The average Bonchev–Trinajstić information content (AvgIpc) is 2.87. The molecule has 0 atom stereocenters. The Bertz CT molecular complexity index is 535. The first-order valence-electron chi connectivity index (χ1n) is 7.57. The number of nitrogens with zero attached hydrogens (tertiary/aromatic N) is 1. The lowest BCUT2D eigenvalue weighted by atomic mass is 10.2. The van der Waals surface area contributed by atoms with Crippen molar-refractivity contribution in [2.75, 3.05) is 0 Å². The van der Waals surface area contributed by atoms with Gasteiger partial charge in [-0.05, 0) is 18.6 Å². The van der Waals surface area contributed by atoms with Gasteiger partial charge in [-0.25, -0.2) is 4.98 Å². The maximum atomic E-state index is 4.85. The first-order chi connectivity index (χ1) is 10.2. The van der Waals surface area contributed by atoms with Crippen LogP contribution in [0.25, 0.3) is 0 Å². The third-order valence-electron chi connectivity index (χ3n) is 3.09. The van der Waals surface area contributed by atoms with Gasteiger partial charge in [-0.15, -0.1) is 23.1 Å². The minimum atomic E-state index is 0.517. The lowest BCUT2D eigenvalue weighted by Crippen LogP contribution is -2.21. The summed E-state index contributed by atoms with van der Waals surface area (Å²) in [5, 5.41) is 4.75. The molecule has 1 heterocycles. The van der Waals surface area contributed by atoms with Gasteiger partial charge in [0.05, 0.1) is 11.4 Å². The highest BCUT2D eigenvalue weighted by Crippen LogP contribution is 2.27. The lowest BCUT2D eigenvalue weighted by molar-refractivity contribution is 0.589. The van der Waals surface area contributed by atoms with Crippen LogP contribution < -0.4 is 5.32 Å². The molecule has 0 radical (unpaired) electrons. The Labute approximate surface area is 136 Å². The zero-order chi connectivity index (χ0) is 15.1. The quantitative estimate of drug-likeness (QED) is 0.701. The fourth-order valence-corrected chi connectivity index (χ4v) is 4.01. The predicted molar refractivity (Wildman–Crippen MR) is 94.1 cm³/mol. The number of aromatic nitrogens is 1. The molecule has 21 heavy (non-hydrogen) atoms. The van der Waals surface area contributed by atoms with Crippen LogP contribution in [-0.4, -0.2) is 11.0 Å². The number of thioether (sulfide) groups is 1. The minimum absolute atomic E-state index is 0.517. The van der Waals surface area contributed by atoms with Crippen LogP contribution in [0.15, 0.2) is 35.2 Å². The van der Waals surface area contributed by atoms with E-state index < -0.39 is 0 Å². The summed E-state index contributed by atoms with van der Waals surface area (Å²) < 4.78 is 0. The predicted octanol–water partition coefficient (Wildman–Crippen LogP) is 4.89. The van der Waals surface area contributed by atoms with E-state index in [9.17, 15) is 0 Å². The molecule has 0 unspecified atom stereocenters. The van der Waals surface area contributed by atoms with E-state index in [2.05, 4.69) is 56.4 Å². The lowest BCUT2D eigenvalue weighted by Gasteiger charge is -2.07. The van der Waals surface area contributed by atoms with Crippen molar-refractivity contribution in [1.82, 2.24) is 10.3 Å². The van der Waals surface area contributed by atoms with Crippen molar-refractivity contribution in [3.63, 3.8) is 0 Å². The molecule has 2 nitrogen and oxygen atoms in total. The van der Waals surface area contributed by atoms with E-state index >= 15 is 0 Å². The number of aryl methyl sites for hydroxylation is 1. The summed E-state index contributed by atoms with van der Waals surface area (Å²) in [6, 6.07) is 11.1. The van der Waals surface area contributed by atoms with E-state index in [1.54, 1.807) is 0 Å². The van der Waals surface area contributed by atoms with Gasteiger partial charge in [0.15, 0.2) is 0 Å². The molecular weight excluding hydrogens is 296 g/mol. The van der Waals surface area contributed by atoms with Crippen LogP contribution in [0.5, 0.6) is 0 Å². The Balaban J connectivity index is 2.00. The fourth-order valence-electron chi connectivity index (χ4n) is 2.03. The second-order valence-corrected chi connectivity index (χ2v) is 7.58. The molecule has 1 aromatic heterocycles. The van der Waals surface area contributed by atoms with Crippen LogP contribution in [0.2, 0.25) is 0 Å². The van der Waals surface area contributed by atoms with Crippen molar-refractivity contribution >= 4 is 23.1 Å². The molecule has 114 valence electrons. The Kier molecular flexibility index (Phi) is 6.74. The van der Waals surface area contributed by atoms with Crippen molar-refractivity contribution in [3.8, 4) is 0 Å². The SMILES string of the molecule is CCCc1nc(CSc2ccccc2)sc1CNC(C)C. The van der Waals surface area contributed by atoms with Crippen LogP contribution in [0.3, 0.4) is 0 Å². The number of thiazole rings is 1. The molecule has 4 heteroatoms. The molecule has 0 aliphatic rings. The summed E-state index contributed by atoms with van der Waals surface area (Å²) in [6.45, 7) is 7.54. The molecule has 1 aromatic carbocycles. The van der Waals surface area contributed by atoms with Crippen molar-refractivity contribution in [1.29, 1.82) is 0 Å². The Morgan fingerprint density at radius 3 is 2.67 bits per heavy atom. The molecule has 0 bridgehead atoms. The van der Waals surface area contributed by atoms with E-state index in [4.69, 9.17) is 4.98 Å². The molecule has 2 aromatic rings. The summed E-state index contributed by atoms with van der Waals surface area (Å²) in [6.07, 6.45) is 2.24. The molecule has 0 aliphatic heterocycles. The molecule has 0 spiro atoms. The second-order valence-electron chi connectivity index (χ2n) is 5.36. The van der Waals surface area contributed by atoms with Gasteiger partial charge in [0.25, 0.3) is 0 Å². The number of nitrogens with one attached hydrogen (secondary N) is 1. The Hall–Kier alpha value is -0.840.